The van der Waals surface area contributed by atoms with Crippen molar-refractivity contribution in [1.29, 1.82) is 0 Å². The maximum atomic E-state index is 12.6. The summed E-state index contributed by atoms with van der Waals surface area (Å²) in [5.74, 6) is -0.225. The Kier molecular flexibility index (Phi) is 7.86. The van der Waals surface area contributed by atoms with Crippen molar-refractivity contribution in [2.45, 2.75) is 44.6 Å². The van der Waals surface area contributed by atoms with E-state index in [1.54, 1.807) is 11.3 Å². The summed E-state index contributed by atoms with van der Waals surface area (Å²) in [5.41, 5.74) is 2.93. The molecule has 2 aromatic rings. The second-order valence-corrected chi connectivity index (χ2v) is 8.85. The monoisotopic (exact) mass is 449 g/mol. The van der Waals surface area contributed by atoms with Gasteiger partial charge in [0.15, 0.2) is 0 Å². The summed E-state index contributed by atoms with van der Waals surface area (Å²) >= 11 is 1.76. The average Bonchev–Trinajstić information content (AvgIpc) is 3.04. The van der Waals surface area contributed by atoms with Gasteiger partial charge in [-0.05, 0) is 44.2 Å². The first kappa shape index (κ1) is 22.7. The molecule has 1 aliphatic heterocycles. The minimum atomic E-state index is -0.138. The Morgan fingerprint density at radius 1 is 1.10 bits per heavy atom. The van der Waals surface area contributed by atoms with Gasteiger partial charge in [-0.25, -0.2) is 4.98 Å². The molecule has 162 valence electrons. The van der Waals surface area contributed by atoms with E-state index in [0.717, 1.165) is 62.2 Å². The topological polar surface area (TPSA) is 80.3 Å². The maximum Gasteiger partial charge on any atom is 0.308 e. The fourth-order valence-corrected chi connectivity index (χ4v) is 5.22. The molecule has 30 heavy (non-hydrogen) atoms. The molecule has 1 aromatic heterocycles. The molecule has 1 saturated carbocycles. The minimum absolute atomic E-state index is 0. The van der Waals surface area contributed by atoms with Gasteiger partial charge in [-0.15, -0.1) is 23.7 Å². The first-order chi connectivity index (χ1) is 14.1. The number of fused-ring (bicyclic) bond motifs is 1. The number of rotatable bonds is 4. The molecule has 1 aliphatic carbocycles. The third-order valence-electron chi connectivity index (χ3n) is 5.84. The van der Waals surface area contributed by atoms with Gasteiger partial charge in [0.1, 0.15) is 5.01 Å². The number of hydrogen-bond acceptors (Lipinski definition) is 6. The summed E-state index contributed by atoms with van der Waals surface area (Å²) in [5, 5.41) is 7.54. The van der Waals surface area contributed by atoms with Gasteiger partial charge in [0.2, 0.25) is 0 Å². The van der Waals surface area contributed by atoms with Crippen LogP contribution >= 0.6 is 23.7 Å². The molecule has 0 unspecified atom stereocenters. The van der Waals surface area contributed by atoms with Crippen LogP contribution in [0.15, 0.2) is 24.3 Å². The number of thiazole rings is 1. The molecule has 0 atom stereocenters. The minimum Gasteiger partial charge on any atom is -0.469 e. The van der Waals surface area contributed by atoms with E-state index in [0.29, 0.717) is 5.56 Å². The fourth-order valence-electron chi connectivity index (χ4n) is 4.10. The first-order valence-corrected chi connectivity index (χ1v) is 11.1. The number of nitrogens with one attached hydrogen (secondary N) is 2. The van der Waals surface area contributed by atoms with Crippen molar-refractivity contribution in [3.8, 4) is 10.6 Å². The van der Waals surface area contributed by atoms with Crippen LogP contribution in [0.25, 0.3) is 10.6 Å². The van der Waals surface area contributed by atoms with Crippen LogP contribution in [0, 0.1) is 5.92 Å². The second kappa shape index (κ2) is 10.4. The number of aromatic nitrogens is 1. The van der Waals surface area contributed by atoms with Crippen molar-refractivity contribution in [1.82, 2.24) is 15.6 Å². The normalized spacial score (nSPS) is 21.0. The largest absolute Gasteiger partial charge is 0.469 e. The van der Waals surface area contributed by atoms with Crippen LogP contribution in [0.5, 0.6) is 0 Å². The Morgan fingerprint density at radius 2 is 1.80 bits per heavy atom. The van der Waals surface area contributed by atoms with E-state index in [4.69, 9.17) is 9.72 Å². The molecule has 1 aromatic carbocycles. The van der Waals surface area contributed by atoms with Gasteiger partial charge in [-0.2, -0.15) is 0 Å². The molecule has 1 amide bonds. The third kappa shape index (κ3) is 5.20. The Morgan fingerprint density at radius 3 is 2.50 bits per heavy atom. The average molecular weight is 450 g/mol. The maximum absolute atomic E-state index is 12.6. The van der Waals surface area contributed by atoms with Gasteiger partial charge in [0.25, 0.3) is 5.91 Å². The van der Waals surface area contributed by atoms with Gasteiger partial charge in [0, 0.05) is 41.6 Å². The summed E-state index contributed by atoms with van der Waals surface area (Å²) in [6.07, 6.45) is 5.16. The summed E-state index contributed by atoms with van der Waals surface area (Å²) in [4.78, 5) is 30.4. The summed E-state index contributed by atoms with van der Waals surface area (Å²) in [7, 11) is 1.43. The molecule has 0 bridgehead atoms. The van der Waals surface area contributed by atoms with Gasteiger partial charge < -0.3 is 15.4 Å². The SMILES string of the molecule is COC(=O)[C@H]1CC[C@H](NC(=O)c2ccc(-c3nc4c(s3)CCNCC4)cc2)CC1.Cl. The molecule has 8 heteroatoms. The lowest BCUT2D eigenvalue weighted by Crippen LogP contribution is -2.38. The molecule has 0 spiro atoms. The van der Waals surface area contributed by atoms with E-state index in [1.165, 1.54) is 17.7 Å². The number of nitrogens with zero attached hydrogens (tertiary/aromatic N) is 1. The third-order valence-corrected chi connectivity index (χ3v) is 7.04. The molecule has 0 saturated heterocycles. The number of ether oxygens (including phenoxy) is 1. The lowest BCUT2D eigenvalue weighted by molar-refractivity contribution is -0.146. The van der Waals surface area contributed by atoms with E-state index in [2.05, 4.69) is 10.6 Å². The quantitative estimate of drug-likeness (QED) is 0.699. The van der Waals surface area contributed by atoms with Crippen LogP contribution in [0.1, 0.15) is 46.6 Å². The number of carbonyl (C=O) groups excluding carboxylic acids is 2. The first-order valence-electron chi connectivity index (χ1n) is 10.3. The lowest BCUT2D eigenvalue weighted by Gasteiger charge is -2.27. The van der Waals surface area contributed by atoms with E-state index in [9.17, 15) is 9.59 Å². The van der Waals surface area contributed by atoms with Crippen molar-refractivity contribution < 1.29 is 14.3 Å². The summed E-state index contributed by atoms with van der Waals surface area (Å²) in [6, 6.07) is 7.84. The summed E-state index contributed by atoms with van der Waals surface area (Å²) in [6.45, 7) is 1.99. The van der Waals surface area contributed by atoms with E-state index < -0.39 is 0 Å². The Bertz CT molecular complexity index is 853. The summed E-state index contributed by atoms with van der Waals surface area (Å²) < 4.78 is 4.82. The van der Waals surface area contributed by atoms with Crippen LogP contribution in [0.2, 0.25) is 0 Å². The van der Waals surface area contributed by atoms with Crippen LogP contribution in [0.3, 0.4) is 0 Å². The second-order valence-electron chi connectivity index (χ2n) is 7.76. The highest BCUT2D eigenvalue weighted by Crippen LogP contribution is 2.30. The van der Waals surface area contributed by atoms with Crippen molar-refractivity contribution in [2.24, 2.45) is 5.92 Å². The molecule has 1 fully saturated rings. The number of hydrogen-bond donors (Lipinski definition) is 2. The van der Waals surface area contributed by atoms with Crippen molar-refractivity contribution >= 4 is 35.6 Å². The smallest absolute Gasteiger partial charge is 0.308 e. The number of esters is 1. The number of halogens is 1. The van der Waals surface area contributed by atoms with Crippen LogP contribution in [0.4, 0.5) is 0 Å². The molecule has 2 N–H and O–H groups in total. The van der Waals surface area contributed by atoms with Gasteiger partial charge in [-0.3, -0.25) is 9.59 Å². The van der Waals surface area contributed by atoms with Crippen molar-refractivity contribution in [3.63, 3.8) is 0 Å². The fraction of sp³-hybridized carbons (Fsp3) is 0.500. The molecule has 2 aliphatic rings. The van der Waals surface area contributed by atoms with Gasteiger partial charge >= 0.3 is 5.97 Å². The van der Waals surface area contributed by atoms with Crippen LogP contribution in [-0.2, 0) is 22.4 Å². The number of methoxy groups -OCH3 is 1. The Hall–Kier alpha value is -1.96. The molecular formula is C22H28ClN3O3S. The van der Waals surface area contributed by atoms with Crippen LogP contribution < -0.4 is 10.6 Å². The molecule has 2 heterocycles. The zero-order valence-electron chi connectivity index (χ0n) is 17.1. The lowest BCUT2D eigenvalue weighted by atomic mass is 9.86. The molecule has 4 rings (SSSR count). The van der Waals surface area contributed by atoms with Gasteiger partial charge in [-0.1, -0.05) is 12.1 Å². The predicted molar refractivity (Wildman–Crippen MR) is 120 cm³/mol. The van der Waals surface area contributed by atoms with E-state index in [-0.39, 0.29) is 36.2 Å². The highest BCUT2D eigenvalue weighted by atomic mass is 35.5. The molecular weight excluding hydrogens is 422 g/mol. The van der Waals surface area contributed by atoms with E-state index >= 15 is 0 Å². The number of benzene rings is 1. The zero-order valence-corrected chi connectivity index (χ0v) is 18.7. The highest BCUT2D eigenvalue weighted by Gasteiger charge is 2.27. The molecule has 0 radical (unpaired) electrons. The zero-order chi connectivity index (χ0) is 20.2. The van der Waals surface area contributed by atoms with Gasteiger partial charge in [0.05, 0.1) is 18.7 Å². The van der Waals surface area contributed by atoms with E-state index in [1.807, 2.05) is 24.3 Å². The van der Waals surface area contributed by atoms with Crippen LogP contribution in [-0.4, -0.2) is 43.1 Å². The number of carbonyl (C=O) groups is 2. The standard InChI is InChI=1S/C22H27N3O3S.ClH/c1-28-22(27)16-6-8-17(9-7-16)24-20(26)14-2-4-15(5-3-14)21-25-18-10-12-23-13-11-19(18)29-21;/h2-5,16-17,23H,6-13H2,1H3,(H,24,26);1H/t16-,17-;. The van der Waals surface area contributed by atoms with Crippen molar-refractivity contribution in [2.75, 3.05) is 20.2 Å². The highest BCUT2D eigenvalue weighted by molar-refractivity contribution is 7.15. The molecule has 6 nitrogen and oxygen atoms in total. The predicted octanol–water partition coefficient (Wildman–Crippen LogP) is 3.38. The Labute approximate surface area is 187 Å². The number of amides is 1. The van der Waals surface area contributed by atoms with Crippen molar-refractivity contribution in [3.05, 3.63) is 40.4 Å². The Balaban J connectivity index is 0.00000256.